The summed E-state index contributed by atoms with van der Waals surface area (Å²) in [7, 11) is 0. The number of nitrogens with one attached hydrogen (secondary N) is 3. The fourth-order valence-corrected chi connectivity index (χ4v) is 2.72. The van der Waals surface area contributed by atoms with E-state index in [-0.39, 0.29) is 12.3 Å². The molecule has 0 aromatic heterocycles. The number of benzene rings is 2. The molecular formula is C23H27N3O4. The molecule has 0 spiro atoms. The van der Waals surface area contributed by atoms with E-state index >= 15 is 0 Å². The van der Waals surface area contributed by atoms with E-state index in [0.717, 1.165) is 5.56 Å². The van der Waals surface area contributed by atoms with Crippen LogP contribution in [0.1, 0.15) is 36.7 Å². The molecule has 0 heterocycles. The smallest absolute Gasteiger partial charge is 0.251 e. The van der Waals surface area contributed by atoms with Crippen LogP contribution in [0, 0.1) is 0 Å². The molecule has 2 aromatic carbocycles. The van der Waals surface area contributed by atoms with Gasteiger partial charge in [0.25, 0.3) is 5.91 Å². The summed E-state index contributed by atoms with van der Waals surface area (Å²) in [5.74, 6) is -1.37. The van der Waals surface area contributed by atoms with Crippen molar-refractivity contribution in [2.45, 2.75) is 44.8 Å². The van der Waals surface area contributed by atoms with Crippen molar-refractivity contribution in [1.82, 2.24) is 16.0 Å². The molecule has 7 nitrogen and oxygen atoms in total. The molecule has 0 radical (unpaired) electrons. The lowest BCUT2D eigenvalue weighted by Crippen LogP contribution is -2.56. The Bertz CT molecular complexity index is 882. The van der Waals surface area contributed by atoms with E-state index in [9.17, 15) is 19.2 Å². The van der Waals surface area contributed by atoms with Gasteiger partial charge in [-0.2, -0.15) is 0 Å². The molecule has 0 aliphatic rings. The van der Waals surface area contributed by atoms with Crippen molar-refractivity contribution in [2.24, 2.45) is 0 Å². The van der Waals surface area contributed by atoms with Crippen LogP contribution in [0.4, 0.5) is 0 Å². The second-order valence-corrected chi connectivity index (χ2v) is 7.64. The molecule has 2 rings (SSSR count). The molecule has 0 unspecified atom stereocenters. The highest BCUT2D eigenvalue weighted by molar-refractivity contribution is 5.98. The van der Waals surface area contributed by atoms with Crippen LogP contribution in [0.15, 0.2) is 60.7 Å². The Hall–Kier alpha value is -3.48. The van der Waals surface area contributed by atoms with Crippen LogP contribution in [0.2, 0.25) is 0 Å². The molecule has 0 saturated carbocycles. The first-order chi connectivity index (χ1) is 14.2. The van der Waals surface area contributed by atoms with E-state index in [0.29, 0.717) is 11.8 Å². The number of hydrogen-bond acceptors (Lipinski definition) is 4. The van der Waals surface area contributed by atoms with Gasteiger partial charge in [-0.25, -0.2) is 0 Å². The normalized spacial score (nSPS) is 12.9. The van der Waals surface area contributed by atoms with Crippen molar-refractivity contribution in [3.63, 3.8) is 0 Å². The highest BCUT2D eigenvalue weighted by Gasteiger charge is 2.27. The van der Waals surface area contributed by atoms with Crippen molar-refractivity contribution in [3.05, 3.63) is 71.8 Å². The van der Waals surface area contributed by atoms with E-state index in [1.54, 1.807) is 44.2 Å². The molecule has 0 aliphatic carbocycles. The van der Waals surface area contributed by atoms with Gasteiger partial charge in [-0.3, -0.25) is 14.4 Å². The molecule has 158 valence electrons. The zero-order valence-corrected chi connectivity index (χ0v) is 17.3. The predicted molar refractivity (Wildman–Crippen MR) is 114 cm³/mol. The quantitative estimate of drug-likeness (QED) is 0.548. The second kappa shape index (κ2) is 10.3. The summed E-state index contributed by atoms with van der Waals surface area (Å²) in [6.07, 6.45) is 0.886. The average Bonchev–Trinajstić information content (AvgIpc) is 2.74. The molecule has 0 aliphatic heterocycles. The highest BCUT2D eigenvalue weighted by Crippen LogP contribution is 2.06. The first-order valence-electron chi connectivity index (χ1n) is 9.70. The lowest BCUT2D eigenvalue weighted by molar-refractivity contribution is -0.131. The second-order valence-electron chi connectivity index (χ2n) is 7.64. The van der Waals surface area contributed by atoms with Gasteiger partial charge in [0.05, 0.1) is 5.54 Å². The molecule has 3 N–H and O–H groups in total. The fourth-order valence-electron chi connectivity index (χ4n) is 2.72. The number of hydrogen-bond donors (Lipinski definition) is 3. The molecular weight excluding hydrogens is 382 g/mol. The summed E-state index contributed by atoms with van der Waals surface area (Å²) in [6, 6.07) is 16.1. The third-order valence-electron chi connectivity index (χ3n) is 4.43. The van der Waals surface area contributed by atoms with Crippen LogP contribution in [-0.4, -0.2) is 41.6 Å². The molecule has 7 heteroatoms. The zero-order chi connectivity index (χ0) is 22.1. The molecule has 0 bridgehead atoms. The maximum Gasteiger partial charge on any atom is 0.251 e. The lowest BCUT2D eigenvalue weighted by atomic mass is 10.0. The number of carbonyl (C=O) groups is 4. The number of carbonyl (C=O) groups excluding carboxylic acids is 4. The van der Waals surface area contributed by atoms with E-state index in [2.05, 4.69) is 16.0 Å². The van der Waals surface area contributed by atoms with Crippen molar-refractivity contribution in [2.75, 3.05) is 0 Å². The van der Waals surface area contributed by atoms with Crippen molar-refractivity contribution in [3.8, 4) is 0 Å². The van der Waals surface area contributed by atoms with Gasteiger partial charge < -0.3 is 20.7 Å². The lowest BCUT2D eigenvalue weighted by Gasteiger charge is -2.24. The van der Waals surface area contributed by atoms with Gasteiger partial charge in [0.2, 0.25) is 11.8 Å². The first kappa shape index (κ1) is 22.8. The van der Waals surface area contributed by atoms with Gasteiger partial charge in [-0.15, -0.1) is 0 Å². The number of aldehydes is 1. The van der Waals surface area contributed by atoms with Crippen LogP contribution < -0.4 is 16.0 Å². The van der Waals surface area contributed by atoms with Gasteiger partial charge in [0.15, 0.2) is 0 Å². The Morgan fingerprint density at radius 3 is 2.03 bits per heavy atom. The summed E-state index contributed by atoms with van der Waals surface area (Å²) in [6.45, 7) is 4.64. The van der Waals surface area contributed by atoms with Gasteiger partial charge in [-0.05, 0) is 38.5 Å². The minimum absolute atomic E-state index is 0.263. The Kier molecular flexibility index (Phi) is 7.86. The number of amides is 3. The van der Waals surface area contributed by atoms with E-state index in [4.69, 9.17) is 0 Å². The molecule has 3 amide bonds. The average molecular weight is 409 g/mol. The fraction of sp³-hybridized carbons (Fsp3) is 0.304. The van der Waals surface area contributed by atoms with E-state index in [1.807, 2.05) is 30.3 Å². The maximum absolute atomic E-state index is 12.9. The van der Waals surface area contributed by atoms with Gasteiger partial charge in [0.1, 0.15) is 18.4 Å². The van der Waals surface area contributed by atoms with Crippen LogP contribution in [0.3, 0.4) is 0 Å². The van der Waals surface area contributed by atoms with Crippen molar-refractivity contribution < 1.29 is 19.2 Å². The summed E-state index contributed by atoms with van der Waals surface area (Å²) in [5.41, 5.74) is 0.258. The summed E-state index contributed by atoms with van der Waals surface area (Å²) >= 11 is 0. The molecule has 0 fully saturated rings. The number of rotatable bonds is 9. The minimum atomic E-state index is -1.04. The highest BCUT2D eigenvalue weighted by atomic mass is 16.2. The molecule has 2 atom stereocenters. The third kappa shape index (κ3) is 6.84. The summed E-state index contributed by atoms with van der Waals surface area (Å²) in [4.78, 5) is 48.8. The van der Waals surface area contributed by atoms with Crippen LogP contribution in [0.5, 0.6) is 0 Å². The van der Waals surface area contributed by atoms with Crippen LogP contribution in [-0.2, 0) is 20.8 Å². The minimum Gasteiger partial charge on any atom is -0.343 e. The third-order valence-corrected chi connectivity index (χ3v) is 4.43. The summed E-state index contributed by atoms with van der Waals surface area (Å²) < 4.78 is 0. The Morgan fingerprint density at radius 1 is 0.900 bits per heavy atom. The van der Waals surface area contributed by atoms with E-state index in [1.165, 1.54) is 6.92 Å². The standard InChI is InChI=1S/C23H27N3O4/c1-16(20(28)26-23(2,3)15-27)24-22(30)19(14-17-10-6-4-7-11-17)25-21(29)18-12-8-5-9-13-18/h4-13,15-16,19H,14H2,1-3H3,(H,24,30)(H,25,29)(H,26,28)/t16-,19-/m0/s1. The Morgan fingerprint density at radius 2 is 1.47 bits per heavy atom. The SMILES string of the molecule is C[C@H](NC(=O)[C@H](Cc1ccccc1)NC(=O)c1ccccc1)C(=O)NC(C)(C)C=O. The molecule has 0 saturated heterocycles. The van der Waals surface area contributed by atoms with Crippen molar-refractivity contribution in [1.29, 1.82) is 0 Å². The Labute approximate surface area is 176 Å². The monoisotopic (exact) mass is 409 g/mol. The predicted octanol–water partition coefficient (Wildman–Crippen LogP) is 1.63. The zero-order valence-electron chi connectivity index (χ0n) is 17.3. The molecule has 2 aromatic rings. The first-order valence-corrected chi connectivity index (χ1v) is 9.70. The van der Waals surface area contributed by atoms with Crippen LogP contribution >= 0.6 is 0 Å². The van der Waals surface area contributed by atoms with Crippen LogP contribution in [0.25, 0.3) is 0 Å². The largest absolute Gasteiger partial charge is 0.343 e. The van der Waals surface area contributed by atoms with E-state index < -0.39 is 29.4 Å². The topological polar surface area (TPSA) is 104 Å². The Balaban J connectivity index is 2.12. The van der Waals surface area contributed by atoms with Gasteiger partial charge in [0, 0.05) is 12.0 Å². The van der Waals surface area contributed by atoms with Gasteiger partial charge in [-0.1, -0.05) is 48.5 Å². The van der Waals surface area contributed by atoms with Gasteiger partial charge >= 0.3 is 0 Å². The summed E-state index contributed by atoms with van der Waals surface area (Å²) in [5, 5.41) is 7.93. The van der Waals surface area contributed by atoms with Crippen molar-refractivity contribution >= 4 is 24.0 Å². The maximum atomic E-state index is 12.9. The molecule has 30 heavy (non-hydrogen) atoms.